The van der Waals surface area contributed by atoms with Crippen LogP contribution < -0.4 is 0 Å². The van der Waals surface area contributed by atoms with Crippen LogP contribution in [0, 0.1) is 0 Å². The molecule has 0 aromatic heterocycles. The number of aliphatic hydroxyl groups is 1. The molecule has 2 rings (SSSR count). The molecule has 1 fully saturated rings. The van der Waals surface area contributed by atoms with Crippen LogP contribution in [0.25, 0.3) is 0 Å². The lowest BCUT2D eigenvalue weighted by Crippen LogP contribution is -2.43. The number of rotatable bonds is 6. The Bertz CT molecular complexity index is 698. The zero-order chi connectivity index (χ0) is 17.7. The van der Waals surface area contributed by atoms with Gasteiger partial charge in [0, 0.05) is 12.6 Å². The predicted molar refractivity (Wildman–Crippen MR) is 87.1 cm³/mol. The molecule has 132 valence electrons. The molecule has 1 aromatic rings. The van der Waals surface area contributed by atoms with E-state index in [4.69, 9.17) is 9.84 Å². The summed E-state index contributed by atoms with van der Waals surface area (Å²) >= 11 is 0. The molecule has 0 saturated carbocycles. The van der Waals surface area contributed by atoms with Crippen molar-refractivity contribution in [2.75, 3.05) is 24.7 Å². The van der Waals surface area contributed by atoms with Crippen LogP contribution in [-0.2, 0) is 26.0 Å². The lowest BCUT2D eigenvalue weighted by molar-refractivity contribution is -0.136. The van der Waals surface area contributed by atoms with Crippen molar-refractivity contribution in [2.24, 2.45) is 0 Å². The molecular formula is C16H21NO6S. The molecule has 24 heavy (non-hydrogen) atoms. The molecule has 0 bridgehead atoms. The number of aliphatic hydroxyl groups excluding tert-OH is 1. The van der Waals surface area contributed by atoms with Crippen molar-refractivity contribution >= 4 is 21.7 Å². The zero-order valence-corrected chi connectivity index (χ0v) is 14.3. The highest BCUT2D eigenvalue weighted by molar-refractivity contribution is 7.91. The minimum Gasteiger partial charge on any atom is -0.452 e. The van der Waals surface area contributed by atoms with Crippen LogP contribution in [0.1, 0.15) is 29.3 Å². The monoisotopic (exact) mass is 355 g/mol. The topological polar surface area (TPSA) is 101 Å². The van der Waals surface area contributed by atoms with E-state index in [-0.39, 0.29) is 29.7 Å². The normalized spacial score (nSPS) is 19.0. The Kier molecular flexibility index (Phi) is 5.95. The predicted octanol–water partition coefficient (Wildman–Crippen LogP) is 0.371. The number of ether oxygens (including phenoxy) is 1. The smallest absolute Gasteiger partial charge is 0.338 e. The summed E-state index contributed by atoms with van der Waals surface area (Å²) in [5.74, 6) is -0.996. The Morgan fingerprint density at radius 1 is 1.29 bits per heavy atom. The minimum absolute atomic E-state index is 0.0385. The fraction of sp³-hybridized carbons (Fsp3) is 0.500. The van der Waals surface area contributed by atoms with E-state index in [2.05, 4.69) is 0 Å². The van der Waals surface area contributed by atoms with Gasteiger partial charge in [-0.1, -0.05) is 12.1 Å². The van der Waals surface area contributed by atoms with Gasteiger partial charge in [-0.15, -0.1) is 0 Å². The largest absolute Gasteiger partial charge is 0.452 e. The highest BCUT2D eigenvalue weighted by Crippen LogP contribution is 2.18. The molecule has 0 aliphatic carbocycles. The van der Waals surface area contributed by atoms with Gasteiger partial charge in [0.05, 0.1) is 23.7 Å². The maximum atomic E-state index is 12.2. The number of carbonyl (C=O) groups is 2. The SMILES string of the molecule is CCN(C(=O)COC(=O)c1ccc(CO)cc1)[C@H]1CCS(=O)(=O)C1. The number of hydrogen-bond acceptors (Lipinski definition) is 6. The van der Waals surface area contributed by atoms with E-state index in [9.17, 15) is 18.0 Å². The standard InChI is InChI=1S/C16H21NO6S/c1-2-17(14-7-8-24(21,22)11-14)15(19)10-23-16(20)13-5-3-12(9-18)4-6-13/h3-6,14,18H,2,7-11H2,1H3/t14-/m0/s1. The summed E-state index contributed by atoms with van der Waals surface area (Å²) in [5, 5.41) is 8.96. The Hall–Kier alpha value is -1.93. The van der Waals surface area contributed by atoms with E-state index in [1.54, 1.807) is 19.1 Å². The molecule has 1 saturated heterocycles. The van der Waals surface area contributed by atoms with Gasteiger partial charge in [0.1, 0.15) is 0 Å². The van der Waals surface area contributed by atoms with E-state index >= 15 is 0 Å². The van der Waals surface area contributed by atoms with E-state index in [1.165, 1.54) is 17.0 Å². The number of nitrogens with zero attached hydrogens (tertiary/aromatic N) is 1. The van der Waals surface area contributed by atoms with Crippen molar-refractivity contribution in [2.45, 2.75) is 26.0 Å². The third-order valence-corrected chi connectivity index (χ3v) is 5.76. The summed E-state index contributed by atoms with van der Waals surface area (Å²) in [6.45, 7) is 1.58. The zero-order valence-electron chi connectivity index (χ0n) is 13.5. The molecule has 1 atom stereocenters. The summed E-state index contributed by atoms with van der Waals surface area (Å²) in [4.78, 5) is 25.6. The second kappa shape index (κ2) is 7.76. The third kappa shape index (κ3) is 4.55. The van der Waals surface area contributed by atoms with E-state index in [1.807, 2.05) is 0 Å². The molecule has 1 aromatic carbocycles. The fourth-order valence-electron chi connectivity index (χ4n) is 2.70. The van der Waals surface area contributed by atoms with Crippen LogP contribution in [0.15, 0.2) is 24.3 Å². The molecule has 1 amide bonds. The average molecular weight is 355 g/mol. The highest BCUT2D eigenvalue weighted by Gasteiger charge is 2.34. The van der Waals surface area contributed by atoms with Crippen molar-refractivity contribution in [1.82, 2.24) is 4.90 Å². The van der Waals surface area contributed by atoms with Crippen LogP contribution in [-0.4, -0.2) is 61.0 Å². The lowest BCUT2D eigenvalue weighted by atomic mass is 10.1. The minimum atomic E-state index is -3.09. The maximum absolute atomic E-state index is 12.2. The van der Waals surface area contributed by atoms with Crippen molar-refractivity contribution < 1.29 is 27.9 Å². The first-order chi connectivity index (χ1) is 11.4. The summed E-state index contributed by atoms with van der Waals surface area (Å²) in [5.41, 5.74) is 0.953. The Morgan fingerprint density at radius 3 is 2.46 bits per heavy atom. The lowest BCUT2D eigenvalue weighted by Gasteiger charge is -2.26. The molecule has 7 nitrogen and oxygen atoms in total. The second-order valence-corrected chi connectivity index (χ2v) is 7.90. The van der Waals surface area contributed by atoms with E-state index in [0.717, 1.165) is 0 Å². The molecule has 8 heteroatoms. The number of hydrogen-bond donors (Lipinski definition) is 1. The molecule has 1 aliphatic heterocycles. The van der Waals surface area contributed by atoms with Gasteiger partial charge in [-0.3, -0.25) is 4.79 Å². The number of sulfone groups is 1. The summed E-state index contributed by atoms with van der Waals surface area (Å²) in [7, 11) is -3.09. The summed E-state index contributed by atoms with van der Waals surface area (Å²) in [6.07, 6.45) is 0.415. The average Bonchev–Trinajstić information content (AvgIpc) is 2.93. The molecule has 0 radical (unpaired) electrons. The van der Waals surface area contributed by atoms with E-state index < -0.39 is 28.3 Å². The number of esters is 1. The van der Waals surface area contributed by atoms with E-state index in [0.29, 0.717) is 18.5 Å². The third-order valence-electron chi connectivity index (χ3n) is 4.01. The molecule has 0 unspecified atom stereocenters. The molecular weight excluding hydrogens is 334 g/mol. The number of likely N-dealkylation sites (N-methyl/N-ethyl adjacent to an activating group) is 1. The van der Waals surface area contributed by atoms with Crippen molar-refractivity contribution in [3.63, 3.8) is 0 Å². The Morgan fingerprint density at radius 2 is 1.96 bits per heavy atom. The Labute approximate surface area is 141 Å². The number of benzene rings is 1. The highest BCUT2D eigenvalue weighted by atomic mass is 32.2. The molecule has 0 spiro atoms. The van der Waals surface area contributed by atoms with Crippen LogP contribution in [0.3, 0.4) is 0 Å². The van der Waals surface area contributed by atoms with Gasteiger partial charge in [-0.05, 0) is 31.0 Å². The van der Waals surface area contributed by atoms with Crippen molar-refractivity contribution in [1.29, 1.82) is 0 Å². The first-order valence-electron chi connectivity index (χ1n) is 7.73. The van der Waals surface area contributed by atoms with Crippen molar-refractivity contribution in [3.8, 4) is 0 Å². The van der Waals surface area contributed by atoms with Crippen molar-refractivity contribution in [3.05, 3.63) is 35.4 Å². The summed E-state index contributed by atoms with van der Waals surface area (Å²) < 4.78 is 28.1. The van der Waals surface area contributed by atoms with Gasteiger partial charge < -0.3 is 14.7 Å². The van der Waals surface area contributed by atoms with Crippen LogP contribution in [0.5, 0.6) is 0 Å². The van der Waals surface area contributed by atoms with Gasteiger partial charge in [-0.2, -0.15) is 0 Å². The first kappa shape index (κ1) is 18.4. The number of carbonyl (C=O) groups excluding carboxylic acids is 2. The van der Waals surface area contributed by atoms with Gasteiger partial charge in [0.25, 0.3) is 5.91 Å². The molecule has 1 N–H and O–H groups in total. The first-order valence-corrected chi connectivity index (χ1v) is 9.55. The van der Waals surface area contributed by atoms with Crippen LogP contribution in [0.2, 0.25) is 0 Å². The quantitative estimate of drug-likeness (QED) is 0.740. The van der Waals surface area contributed by atoms with Gasteiger partial charge >= 0.3 is 5.97 Å². The summed E-state index contributed by atoms with van der Waals surface area (Å²) in [6, 6.07) is 5.87. The number of amides is 1. The molecule has 1 aliphatic rings. The van der Waals surface area contributed by atoms with Gasteiger partial charge in [-0.25, -0.2) is 13.2 Å². The van der Waals surface area contributed by atoms with Gasteiger partial charge in [0.2, 0.25) is 0 Å². The maximum Gasteiger partial charge on any atom is 0.338 e. The van der Waals surface area contributed by atoms with Gasteiger partial charge in [0.15, 0.2) is 16.4 Å². The second-order valence-electron chi connectivity index (χ2n) is 5.67. The van der Waals surface area contributed by atoms with Crippen LogP contribution in [0.4, 0.5) is 0 Å². The van der Waals surface area contributed by atoms with Crippen LogP contribution >= 0.6 is 0 Å². The Balaban J connectivity index is 1.92. The molecule has 1 heterocycles. The fourth-order valence-corrected chi connectivity index (χ4v) is 4.43.